The number of carbonyl (C=O) groups is 2. The van der Waals surface area contributed by atoms with Crippen molar-refractivity contribution in [3.05, 3.63) is 64.7 Å². The molecule has 0 aliphatic carbocycles. The highest BCUT2D eigenvalue weighted by molar-refractivity contribution is 6.31. The fourth-order valence-electron chi connectivity index (χ4n) is 2.22. The summed E-state index contributed by atoms with van der Waals surface area (Å²) < 4.78 is 38.4. The lowest BCUT2D eigenvalue weighted by Gasteiger charge is -2.11. The van der Waals surface area contributed by atoms with E-state index in [0.717, 1.165) is 12.1 Å². The van der Waals surface area contributed by atoms with Crippen LogP contribution in [0.5, 0.6) is 0 Å². The van der Waals surface area contributed by atoms with Crippen LogP contribution in [0.15, 0.2) is 48.5 Å². The van der Waals surface area contributed by atoms with Crippen LogP contribution >= 0.6 is 11.6 Å². The van der Waals surface area contributed by atoms with Crippen LogP contribution in [0.1, 0.15) is 35.2 Å². The number of hydrogen-bond acceptors (Lipinski definition) is 2. The molecule has 7 heteroatoms. The Morgan fingerprint density at radius 2 is 1.68 bits per heavy atom. The molecule has 0 radical (unpaired) electrons. The third-order valence-electron chi connectivity index (χ3n) is 3.46. The Kier molecular flexibility index (Phi) is 6.20. The summed E-state index contributed by atoms with van der Waals surface area (Å²) in [6.07, 6.45) is -4.08. The normalized spacial score (nSPS) is 11.2. The molecule has 0 unspecified atom stereocenters. The predicted octanol–water partition coefficient (Wildman–Crippen LogP) is 5.35. The van der Waals surface area contributed by atoms with Gasteiger partial charge in [-0.1, -0.05) is 41.9 Å². The van der Waals surface area contributed by atoms with Crippen LogP contribution in [0, 0.1) is 0 Å². The first kappa shape index (κ1) is 19.0. The zero-order valence-corrected chi connectivity index (χ0v) is 13.8. The standard InChI is InChI=1S/C18H15ClF3NO2/c19-15-10-9-13(11-14(15)18(20,21)22)23-17(25)8-4-7-16(24)12-5-2-1-3-6-12/h1-3,5-6,9-11H,4,7-8H2,(H,23,25). The first-order chi connectivity index (χ1) is 11.8. The van der Waals surface area contributed by atoms with E-state index in [9.17, 15) is 22.8 Å². The number of nitrogens with one attached hydrogen (secondary N) is 1. The summed E-state index contributed by atoms with van der Waals surface area (Å²) in [6.45, 7) is 0. The first-order valence-corrected chi connectivity index (χ1v) is 7.90. The number of carbonyl (C=O) groups excluding carboxylic acids is 2. The third-order valence-corrected chi connectivity index (χ3v) is 3.79. The zero-order valence-electron chi connectivity index (χ0n) is 13.1. The second-order valence-electron chi connectivity index (χ2n) is 5.38. The van der Waals surface area contributed by atoms with Crippen LogP contribution in [0.4, 0.5) is 18.9 Å². The van der Waals surface area contributed by atoms with Gasteiger partial charge in [0.2, 0.25) is 5.91 Å². The summed E-state index contributed by atoms with van der Waals surface area (Å²) in [6, 6.07) is 11.8. The number of Topliss-reactive ketones (excluding diaryl/α,β-unsaturated/α-hetero) is 1. The Morgan fingerprint density at radius 3 is 2.32 bits per heavy atom. The van der Waals surface area contributed by atoms with Crippen LogP contribution in [-0.2, 0) is 11.0 Å². The maximum absolute atomic E-state index is 12.8. The van der Waals surface area contributed by atoms with E-state index in [-0.39, 0.29) is 24.3 Å². The fourth-order valence-corrected chi connectivity index (χ4v) is 2.45. The monoisotopic (exact) mass is 369 g/mol. The molecule has 0 aliphatic heterocycles. The smallest absolute Gasteiger partial charge is 0.326 e. The van der Waals surface area contributed by atoms with E-state index >= 15 is 0 Å². The molecule has 0 saturated carbocycles. The van der Waals surface area contributed by atoms with Crippen molar-refractivity contribution in [1.82, 2.24) is 0 Å². The molecule has 2 aromatic carbocycles. The van der Waals surface area contributed by atoms with Crippen molar-refractivity contribution >= 4 is 29.0 Å². The van der Waals surface area contributed by atoms with Gasteiger partial charge in [-0.25, -0.2) is 0 Å². The van der Waals surface area contributed by atoms with E-state index in [1.807, 2.05) is 0 Å². The van der Waals surface area contributed by atoms with E-state index in [2.05, 4.69) is 5.32 Å². The molecule has 1 N–H and O–H groups in total. The first-order valence-electron chi connectivity index (χ1n) is 7.52. The van der Waals surface area contributed by atoms with Crippen LogP contribution in [0.3, 0.4) is 0 Å². The lowest BCUT2D eigenvalue weighted by Crippen LogP contribution is -2.13. The highest BCUT2D eigenvalue weighted by Gasteiger charge is 2.33. The summed E-state index contributed by atoms with van der Waals surface area (Å²) in [5.41, 5.74) is -0.433. The average Bonchev–Trinajstić information content (AvgIpc) is 2.56. The number of ketones is 1. The Morgan fingerprint density at radius 1 is 1.00 bits per heavy atom. The Bertz CT molecular complexity index is 761. The van der Waals surface area contributed by atoms with Crippen molar-refractivity contribution in [2.24, 2.45) is 0 Å². The molecule has 25 heavy (non-hydrogen) atoms. The van der Waals surface area contributed by atoms with Crippen molar-refractivity contribution in [2.45, 2.75) is 25.4 Å². The predicted molar refractivity (Wildman–Crippen MR) is 89.7 cm³/mol. The Hall–Kier alpha value is -2.34. The van der Waals surface area contributed by atoms with Crippen LogP contribution in [-0.4, -0.2) is 11.7 Å². The SMILES string of the molecule is O=C(CCCC(=O)c1ccccc1)Nc1ccc(Cl)c(C(F)(F)F)c1. The van der Waals surface area contributed by atoms with Crippen molar-refractivity contribution in [3.8, 4) is 0 Å². The van der Waals surface area contributed by atoms with Crippen molar-refractivity contribution in [3.63, 3.8) is 0 Å². The maximum atomic E-state index is 12.8. The van der Waals surface area contributed by atoms with Gasteiger partial charge in [-0.2, -0.15) is 13.2 Å². The van der Waals surface area contributed by atoms with Crippen LogP contribution < -0.4 is 5.32 Å². The summed E-state index contributed by atoms with van der Waals surface area (Å²) in [5.74, 6) is -0.546. The summed E-state index contributed by atoms with van der Waals surface area (Å²) in [7, 11) is 0. The summed E-state index contributed by atoms with van der Waals surface area (Å²) >= 11 is 5.52. The molecule has 0 aromatic heterocycles. The molecular weight excluding hydrogens is 355 g/mol. The molecule has 0 fully saturated rings. The van der Waals surface area contributed by atoms with Crippen molar-refractivity contribution in [1.29, 1.82) is 0 Å². The minimum absolute atomic E-state index is 0.0103. The number of anilines is 1. The van der Waals surface area contributed by atoms with E-state index in [1.165, 1.54) is 6.07 Å². The van der Waals surface area contributed by atoms with Gasteiger partial charge in [-0.15, -0.1) is 0 Å². The number of amides is 1. The quantitative estimate of drug-likeness (QED) is 0.697. The highest BCUT2D eigenvalue weighted by atomic mass is 35.5. The molecule has 3 nitrogen and oxygen atoms in total. The molecule has 1 amide bonds. The van der Waals surface area contributed by atoms with Gasteiger partial charge in [0.15, 0.2) is 5.78 Å². The van der Waals surface area contributed by atoms with Gasteiger partial charge in [-0.3, -0.25) is 9.59 Å². The molecule has 0 heterocycles. The molecule has 2 rings (SSSR count). The summed E-state index contributed by atoms with van der Waals surface area (Å²) in [4.78, 5) is 23.7. The molecular formula is C18H15ClF3NO2. The second-order valence-corrected chi connectivity index (χ2v) is 5.79. The van der Waals surface area contributed by atoms with Crippen molar-refractivity contribution < 1.29 is 22.8 Å². The minimum atomic E-state index is -4.60. The van der Waals surface area contributed by atoms with Gasteiger partial charge < -0.3 is 5.32 Å². The number of halogens is 4. The molecule has 0 saturated heterocycles. The van der Waals surface area contributed by atoms with Crippen LogP contribution in [0.25, 0.3) is 0 Å². The van der Waals surface area contributed by atoms with Gasteiger partial charge >= 0.3 is 6.18 Å². The largest absolute Gasteiger partial charge is 0.417 e. The Labute approximate surface area is 147 Å². The lowest BCUT2D eigenvalue weighted by molar-refractivity contribution is -0.137. The van der Waals surface area contributed by atoms with Gasteiger partial charge in [0.25, 0.3) is 0 Å². The summed E-state index contributed by atoms with van der Waals surface area (Å²) in [5, 5.41) is 1.95. The molecule has 0 atom stereocenters. The molecule has 0 aliphatic rings. The number of hydrogen-bond donors (Lipinski definition) is 1. The maximum Gasteiger partial charge on any atom is 0.417 e. The number of rotatable bonds is 6. The van der Waals surface area contributed by atoms with E-state index in [4.69, 9.17) is 11.6 Å². The molecule has 132 valence electrons. The van der Waals surface area contributed by atoms with Gasteiger partial charge in [0.1, 0.15) is 0 Å². The van der Waals surface area contributed by atoms with E-state index in [0.29, 0.717) is 12.0 Å². The second kappa shape index (κ2) is 8.16. The minimum Gasteiger partial charge on any atom is -0.326 e. The molecule has 2 aromatic rings. The zero-order chi connectivity index (χ0) is 18.4. The van der Waals surface area contributed by atoms with Gasteiger partial charge in [0, 0.05) is 24.1 Å². The number of alkyl halides is 3. The molecule has 0 bridgehead atoms. The average molecular weight is 370 g/mol. The lowest BCUT2D eigenvalue weighted by atomic mass is 10.1. The third kappa shape index (κ3) is 5.60. The molecule has 0 spiro atoms. The van der Waals surface area contributed by atoms with Gasteiger partial charge in [0.05, 0.1) is 10.6 Å². The van der Waals surface area contributed by atoms with Crippen LogP contribution in [0.2, 0.25) is 5.02 Å². The number of benzene rings is 2. The highest BCUT2D eigenvalue weighted by Crippen LogP contribution is 2.36. The van der Waals surface area contributed by atoms with E-state index in [1.54, 1.807) is 30.3 Å². The van der Waals surface area contributed by atoms with Gasteiger partial charge in [-0.05, 0) is 24.6 Å². The topological polar surface area (TPSA) is 46.2 Å². The fraction of sp³-hybridized carbons (Fsp3) is 0.222. The Balaban J connectivity index is 1.88. The van der Waals surface area contributed by atoms with E-state index < -0.39 is 22.7 Å². The van der Waals surface area contributed by atoms with Crippen molar-refractivity contribution in [2.75, 3.05) is 5.32 Å².